The minimum absolute atomic E-state index is 0.0539. The molecule has 1 rings (SSSR count). The van der Waals surface area contributed by atoms with Crippen LogP contribution in [-0.2, 0) is 10.0 Å². The van der Waals surface area contributed by atoms with Crippen molar-refractivity contribution in [2.75, 3.05) is 12.3 Å². The monoisotopic (exact) mass is 249 g/mol. The lowest BCUT2D eigenvalue weighted by Gasteiger charge is -2.09. The lowest BCUT2D eigenvalue weighted by Crippen LogP contribution is -2.28. The van der Waals surface area contributed by atoms with Crippen LogP contribution in [0.3, 0.4) is 0 Å². The van der Waals surface area contributed by atoms with E-state index in [1.807, 2.05) is 13.8 Å². The molecule has 86 valence electrons. The molecule has 1 atom stereocenters. The van der Waals surface area contributed by atoms with Gasteiger partial charge in [0.2, 0.25) is 10.0 Å². The standard InChI is InChI=1S/C8H15N3O2S2/c1-6-5-11-8(14-6)7(2)10-3-4-15(9,12)13/h5,7,10H,3-4H2,1-2H3,(H2,9,12,13). The van der Waals surface area contributed by atoms with Crippen LogP contribution < -0.4 is 10.5 Å². The summed E-state index contributed by atoms with van der Waals surface area (Å²) in [6.45, 7) is 4.28. The van der Waals surface area contributed by atoms with Gasteiger partial charge in [0.15, 0.2) is 0 Å². The summed E-state index contributed by atoms with van der Waals surface area (Å²) < 4.78 is 21.4. The van der Waals surface area contributed by atoms with Gasteiger partial charge in [0.05, 0.1) is 11.8 Å². The van der Waals surface area contributed by atoms with Crippen molar-refractivity contribution < 1.29 is 8.42 Å². The summed E-state index contributed by atoms with van der Waals surface area (Å²) in [6, 6.07) is 0.0606. The van der Waals surface area contributed by atoms with Crippen LogP contribution in [0.5, 0.6) is 0 Å². The summed E-state index contributed by atoms with van der Waals surface area (Å²) in [5.41, 5.74) is 0. The number of primary sulfonamides is 1. The van der Waals surface area contributed by atoms with E-state index in [-0.39, 0.29) is 11.8 Å². The fraction of sp³-hybridized carbons (Fsp3) is 0.625. The third kappa shape index (κ3) is 4.70. The SMILES string of the molecule is Cc1cnc(C(C)NCCS(N)(=O)=O)s1. The quantitative estimate of drug-likeness (QED) is 0.790. The zero-order chi connectivity index (χ0) is 11.5. The molecule has 1 aromatic rings. The minimum Gasteiger partial charge on any atom is -0.307 e. The number of nitrogens with two attached hydrogens (primary N) is 1. The van der Waals surface area contributed by atoms with E-state index in [1.54, 1.807) is 17.5 Å². The molecule has 0 bridgehead atoms. The van der Waals surface area contributed by atoms with Crippen molar-refractivity contribution in [1.82, 2.24) is 10.3 Å². The molecule has 0 radical (unpaired) electrons. The Kier molecular flexibility index (Phi) is 4.21. The molecule has 0 aromatic carbocycles. The van der Waals surface area contributed by atoms with E-state index in [4.69, 9.17) is 5.14 Å². The first kappa shape index (κ1) is 12.6. The van der Waals surface area contributed by atoms with E-state index in [0.717, 1.165) is 9.88 Å². The summed E-state index contributed by atoms with van der Waals surface area (Å²) in [4.78, 5) is 5.35. The zero-order valence-corrected chi connectivity index (χ0v) is 10.4. The van der Waals surface area contributed by atoms with Gasteiger partial charge in [0.25, 0.3) is 0 Å². The maximum Gasteiger partial charge on any atom is 0.210 e. The Hall–Kier alpha value is -0.500. The van der Waals surface area contributed by atoms with E-state index in [9.17, 15) is 8.42 Å². The second kappa shape index (κ2) is 5.02. The Morgan fingerprint density at radius 2 is 2.33 bits per heavy atom. The summed E-state index contributed by atoms with van der Waals surface area (Å²) >= 11 is 1.60. The van der Waals surface area contributed by atoms with E-state index in [0.29, 0.717) is 6.54 Å². The highest BCUT2D eigenvalue weighted by Crippen LogP contribution is 2.18. The Bertz CT molecular complexity index is 413. The van der Waals surface area contributed by atoms with Crippen molar-refractivity contribution in [2.45, 2.75) is 19.9 Å². The summed E-state index contributed by atoms with van der Waals surface area (Å²) in [5.74, 6) is -0.0539. The predicted octanol–water partition coefficient (Wildman–Crippen LogP) is 0.391. The van der Waals surface area contributed by atoms with Gasteiger partial charge in [-0.1, -0.05) is 0 Å². The molecule has 0 saturated heterocycles. The lowest BCUT2D eigenvalue weighted by atomic mass is 10.3. The van der Waals surface area contributed by atoms with Crippen molar-refractivity contribution in [3.05, 3.63) is 16.1 Å². The van der Waals surface area contributed by atoms with Crippen molar-refractivity contribution in [2.24, 2.45) is 5.14 Å². The lowest BCUT2D eigenvalue weighted by molar-refractivity contribution is 0.572. The molecule has 1 heterocycles. The Labute approximate surface area is 93.8 Å². The van der Waals surface area contributed by atoms with Crippen LogP contribution in [0.4, 0.5) is 0 Å². The topological polar surface area (TPSA) is 85.1 Å². The number of nitrogens with one attached hydrogen (secondary N) is 1. The highest BCUT2D eigenvalue weighted by Gasteiger charge is 2.09. The smallest absolute Gasteiger partial charge is 0.210 e. The number of aryl methyl sites for hydroxylation is 1. The van der Waals surface area contributed by atoms with Crippen molar-refractivity contribution >= 4 is 21.4 Å². The highest BCUT2D eigenvalue weighted by atomic mass is 32.2. The van der Waals surface area contributed by atoms with Gasteiger partial charge in [-0.2, -0.15) is 0 Å². The predicted molar refractivity (Wildman–Crippen MR) is 61.2 cm³/mol. The van der Waals surface area contributed by atoms with Crippen molar-refractivity contribution in [3.8, 4) is 0 Å². The molecule has 3 N–H and O–H groups in total. The first-order valence-corrected chi connectivity index (χ1v) is 7.08. The average molecular weight is 249 g/mol. The second-order valence-electron chi connectivity index (χ2n) is 3.35. The summed E-state index contributed by atoms with van der Waals surface area (Å²) in [5, 5.41) is 8.90. The number of sulfonamides is 1. The Balaban J connectivity index is 2.40. The molecule has 1 unspecified atom stereocenters. The van der Waals surface area contributed by atoms with Crippen LogP contribution in [0.25, 0.3) is 0 Å². The van der Waals surface area contributed by atoms with Crippen LogP contribution in [0.2, 0.25) is 0 Å². The largest absolute Gasteiger partial charge is 0.307 e. The molecule has 0 aliphatic heterocycles. The van der Waals surface area contributed by atoms with Crippen LogP contribution in [-0.4, -0.2) is 25.7 Å². The molecule has 0 amide bonds. The normalized spacial score (nSPS) is 14.1. The van der Waals surface area contributed by atoms with Gasteiger partial charge in [0, 0.05) is 17.6 Å². The molecule has 15 heavy (non-hydrogen) atoms. The molecular weight excluding hydrogens is 234 g/mol. The van der Waals surface area contributed by atoms with Crippen LogP contribution in [0.15, 0.2) is 6.20 Å². The molecule has 0 aliphatic carbocycles. The molecule has 0 fully saturated rings. The van der Waals surface area contributed by atoms with Gasteiger partial charge in [-0.05, 0) is 13.8 Å². The van der Waals surface area contributed by atoms with Crippen molar-refractivity contribution in [1.29, 1.82) is 0 Å². The maximum atomic E-state index is 10.7. The number of rotatable bonds is 5. The number of aromatic nitrogens is 1. The van der Waals surface area contributed by atoms with Crippen molar-refractivity contribution in [3.63, 3.8) is 0 Å². The number of nitrogens with zero attached hydrogens (tertiary/aromatic N) is 1. The zero-order valence-electron chi connectivity index (χ0n) is 8.73. The highest BCUT2D eigenvalue weighted by molar-refractivity contribution is 7.89. The van der Waals surface area contributed by atoms with Gasteiger partial charge >= 0.3 is 0 Å². The van der Waals surface area contributed by atoms with Gasteiger partial charge in [-0.25, -0.2) is 18.5 Å². The first-order valence-electron chi connectivity index (χ1n) is 4.54. The van der Waals surface area contributed by atoms with Crippen LogP contribution in [0, 0.1) is 6.92 Å². The third-order valence-electron chi connectivity index (χ3n) is 1.85. The molecule has 0 spiro atoms. The fourth-order valence-electron chi connectivity index (χ4n) is 1.08. The molecule has 7 heteroatoms. The number of hydrogen-bond acceptors (Lipinski definition) is 5. The Morgan fingerprint density at radius 3 is 2.80 bits per heavy atom. The van der Waals surface area contributed by atoms with Crippen LogP contribution in [0.1, 0.15) is 22.9 Å². The van der Waals surface area contributed by atoms with E-state index < -0.39 is 10.0 Å². The van der Waals surface area contributed by atoms with Gasteiger partial charge in [0.1, 0.15) is 5.01 Å². The molecular formula is C8H15N3O2S2. The van der Waals surface area contributed by atoms with Gasteiger partial charge in [-0.15, -0.1) is 11.3 Å². The second-order valence-corrected chi connectivity index (χ2v) is 6.35. The fourth-order valence-corrected chi connectivity index (χ4v) is 2.28. The third-order valence-corrected chi connectivity index (χ3v) is 3.72. The van der Waals surface area contributed by atoms with E-state index in [2.05, 4.69) is 10.3 Å². The number of thiazole rings is 1. The molecule has 0 saturated carbocycles. The minimum atomic E-state index is -3.38. The first-order chi connectivity index (χ1) is 6.88. The molecule has 5 nitrogen and oxygen atoms in total. The van der Waals surface area contributed by atoms with E-state index >= 15 is 0 Å². The van der Waals surface area contributed by atoms with Gasteiger partial charge in [-0.3, -0.25) is 0 Å². The molecule has 1 aromatic heterocycles. The summed E-state index contributed by atoms with van der Waals surface area (Å²) in [6.07, 6.45) is 1.80. The Morgan fingerprint density at radius 1 is 1.67 bits per heavy atom. The maximum absolute atomic E-state index is 10.7. The van der Waals surface area contributed by atoms with Gasteiger partial charge < -0.3 is 5.32 Å². The summed E-state index contributed by atoms with van der Waals surface area (Å²) in [7, 11) is -3.38. The number of hydrogen-bond donors (Lipinski definition) is 2. The molecule has 0 aliphatic rings. The van der Waals surface area contributed by atoms with E-state index in [1.165, 1.54) is 0 Å². The van der Waals surface area contributed by atoms with Crippen LogP contribution >= 0.6 is 11.3 Å². The average Bonchev–Trinajstić information content (AvgIpc) is 2.49.